The lowest BCUT2D eigenvalue weighted by molar-refractivity contribution is 0.0366. The van der Waals surface area contributed by atoms with E-state index in [2.05, 4.69) is 34.8 Å². The van der Waals surface area contributed by atoms with E-state index in [1.165, 1.54) is 0 Å². The minimum absolute atomic E-state index is 0.223. The molecular weight excluding hydrogens is 228 g/mol. The van der Waals surface area contributed by atoms with E-state index in [0.29, 0.717) is 12.5 Å². The number of morpholine rings is 1. The van der Waals surface area contributed by atoms with Crippen molar-refractivity contribution in [1.29, 1.82) is 0 Å². The lowest BCUT2D eigenvalue weighted by Crippen LogP contribution is -2.43. The second kappa shape index (κ2) is 6.11. The third kappa shape index (κ3) is 3.17. The summed E-state index contributed by atoms with van der Waals surface area (Å²) in [5.74, 6) is 1.42. The second-order valence-electron chi connectivity index (χ2n) is 4.97. The Bertz CT molecular complexity index is 381. The fourth-order valence-corrected chi connectivity index (χ4v) is 2.14. The number of rotatable bonds is 4. The molecule has 1 saturated heterocycles. The summed E-state index contributed by atoms with van der Waals surface area (Å²) in [5, 5.41) is 0. The highest BCUT2D eigenvalue weighted by Crippen LogP contribution is 2.19. The van der Waals surface area contributed by atoms with E-state index >= 15 is 0 Å². The zero-order chi connectivity index (χ0) is 13.0. The van der Waals surface area contributed by atoms with Crippen LogP contribution >= 0.6 is 0 Å². The van der Waals surface area contributed by atoms with Gasteiger partial charge >= 0.3 is 0 Å². The highest BCUT2D eigenvalue weighted by Gasteiger charge is 2.21. The lowest BCUT2D eigenvalue weighted by Gasteiger charge is -2.33. The van der Waals surface area contributed by atoms with E-state index in [-0.39, 0.29) is 6.10 Å². The van der Waals surface area contributed by atoms with Crippen LogP contribution in [0, 0.1) is 0 Å². The van der Waals surface area contributed by atoms with Crippen LogP contribution in [0.4, 0.5) is 5.82 Å². The molecule has 0 amide bonds. The van der Waals surface area contributed by atoms with Crippen molar-refractivity contribution in [2.24, 2.45) is 5.73 Å². The maximum atomic E-state index is 5.68. The Morgan fingerprint density at radius 2 is 2.33 bits per heavy atom. The number of hydrogen-bond acceptors (Lipinski definition) is 5. The Balaban J connectivity index is 2.08. The van der Waals surface area contributed by atoms with Gasteiger partial charge in [-0.15, -0.1) is 0 Å². The monoisotopic (exact) mass is 250 g/mol. The van der Waals surface area contributed by atoms with Crippen LogP contribution in [0.15, 0.2) is 12.4 Å². The average Bonchev–Trinajstić information content (AvgIpc) is 2.39. The molecule has 0 aromatic carbocycles. The first-order valence-corrected chi connectivity index (χ1v) is 6.59. The molecule has 5 heteroatoms. The normalized spacial score (nSPS) is 20.4. The third-order valence-electron chi connectivity index (χ3n) is 3.22. The Labute approximate surface area is 108 Å². The molecule has 100 valence electrons. The van der Waals surface area contributed by atoms with E-state index in [1.54, 1.807) is 6.33 Å². The van der Waals surface area contributed by atoms with Crippen LogP contribution < -0.4 is 10.6 Å². The zero-order valence-corrected chi connectivity index (χ0v) is 11.2. The summed E-state index contributed by atoms with van der Waals surface area (Å²) in [7, 11) is 0. The van der Waals surface area contributed by atoms with Gasteiger partial charge in [0.05, 0.1) is 12.7 Å². The standard InChI is InChI=1S/C13H22N4O/c1-10(2)12-7-13(16-9-15-12)17-5-6-18-11(8-17)3-4-14/h7,9-11H,3-6,8,14H2,1-2H3/t11-/m1/s1. The van der Waals surface area contributed by atoms with Crippen molar-refractivity contribution < 1.29 is 4.74 Å². The summed E-state index contributed by atoms with van der Waals surface area (Å²) in [4.78, 5) is 10.9. The van der Waals surface area contributed by atoms with Gasteiger partial charge in [0.25, 0.3) is 0 Å². The first-order chi connectivity index (χ1) is 8.70. The molecule has 0 unspecified atom stereocenters. The van der Waals surface area contributed by atoms with Crippen molar-refractivity contribution in [3.8, 4) is 0 Å². The number of hydrogen-bond donors (Lipinski definition) is 1. The topological polar surface area (TPSA) is 64.3 Å². The van der Waals surface area contributed by atoms with Gasteiger partial charge < -0.3 is 15.4 Å². The zero-order valence-electron chi connectivity index (χ0n) is 11.2. The Kier molecular flexibility index (Phi) is 4.49. The summed E-state index contributed by atoms with van der Waals surface area (Å²) in [6.07, 6.45) is 2.78. The molecule has 0 radical (unpaired) electrons. The number of nitrogens with two attached hydrogens (primary N) is 1. The van der Waals surface area contributed by atoms with Gasteiger partial charge in [0.15, 0.2) is 0 Å². The lowest BCUT2D eigenvalue weighted by atomic mass is 10.1. The average molecular weight is 250 g/mol. The molecule has 1 aliphatic heterocycles. The third-order valence-corrected chi connectivity index (χ3v) is 3.22. The van der Waals surface area contributed by atoms with Crippen molar-refractivity contribution >= 4 is 5.82 Å². The first kappa shape index (κ1) is 13.2. The van der Waals surface area contributed by atoms with E-state index in [4.69, 9.17) is 10.5 Å². The number of anilines is 1. The molecule has 2 heterocycles. The van der Waals surface area contributed by atoms with Gasteiger partial charge in [0.1, 0.15) is 12.1 Å². The molecule has 18 heavy (non-hydrogen) atoms. The fraction of sp³-hybridized carbons (Fsp3) is 0.692. The van der Waals surface area contributed by atoms with Crippen molar-refractivity contribution in [2.45, 2.75) is 32.3 Å². The van der Waals surface area contributed by atoms with Gasteiger partial charge in [-0.2, -0.15) is 0 Å². The van der Waals surface area contributed by atoms with E-state index in [9.17, 15) is 0 Å². The van der Waals surface area contributed by atoms with E-state index < -0.39 is 0 Å². The highest BCUT2D eigenvalue weighted by atomic mass is 16.5. The van der Waals surface area contributed by atoms with Crippen LogP contribution in [-0.4, -0.2) is 42.3 Å². The van der Waals surface area contributed by atoms with Crippen LogP contribution in [0.1, 0.15) is 31.9 Å². The molecular formula is C13H22N4O. The van der Waals surface area contributed by atoms with Crippen LogP contribution in [-0.2, 0) is 4.74 Å². The molecule has 0 spiro atoms. The molecule has 5 nitrogen and oxygen atoms in total. The van der Waals surface area contributed by atoms with E-state index in [1.807, 2.05) is 0 Å². The van der Waals surface area contributed by atoms with E-state index in [0.717, 1.165) is 37.6 Å². The SMILES string of the molecule is CC(C)c1cc(N2CCO[C@H](CCN)C2)ncn1. The highest BCUT2D eigenvalue weighted by molar-refractivity contribution is 5.40. The predicted molar refractivity (Wildman–Crippen MR) is 71.7 cm³/mol. The number of ether oxygens (including phenoxy) is 1. The molecule has 0 saturated carbocycles. The number of nitrogens with zero attached hydrogens (tertiary/aromatic N) is 3. The Morgan fingerprint density at radius 1 is 1.50 bits per heavy atom. The summed E-state index contributed by atoms with van der Waals surface area (Å²) in [6, 6.07) is 2.08. The van der Waals surface area contributed by atoms with Crippen LogP contribution in [0.25, 0.3) is 0 Å². The quantitative estimate of drug-likeness (QED) is 0.868. The fourth-order valence-electron chi connectivity index (χ4n) is 2.14. The maximum Gasteiger partial charge on any atom is 0.132 e. The van der Waals surface area contributed by atoms with Crippen molar-refractivity contribution in [3.05, 3.63) is 18.1 Å². The summed E-state index contributed by atoms with van der Waals surface area (Å²) < 4.78 is 5.68. The molecule has 0 bridgehead atoms. The molecule has 1 aliphatic rings. The summed E-state index contributed by atoms with van der Waals surface area (Å²) >= 11 is 0. The van der Waals surface area contributed by atoms with Crippen LogP contribution in [0.2, 0.25) is 0 Å². The smallest absolute Gasteiger partial charge is 0.132 e. The Hall–Kier alpha value is -1.20. The molecule has 1 aromatic rings. The summed E-state index contributed by atoms with van der Waals surface area (Å²) in [5.41, 5.74) is 6.67. The molecule has 1 atom stereocenters. The summed E-state index contributed by atoms with van der Waals surface area (Å²) in [6.45, 7) is 7.44. The largest absolute Gasteiger partial charge is 0.374 e. The van der Waals surface area contributed by atoms with Gasteiger partial charge in [-0.25, -0.2) is 9.97 Å². The molecule has 2 N–H and O–H groups in total. The first-order valence-electron chi connectivity index (χ1n) is 6.59. The van der Waals surface area contributed by atoms with Gasteiger partial charge in [0, 0.05) is 24.8 Å². The van der Waals surface area contributed by atoms with Crippen molar-refractivity contribution in [1.82, 2.24) is 9.97 Å². The van der Waals surface area contributed by atoms with Gasteiger partial charge in [-0.05, 0) is 18.9 Å². The van der Waals surface area contributed by atoms with Crippen LogP contribution in [0.3, 0.4) is 0 Å². The van der Waals surface area contributed by atoms with Crippen molar-refractivity contribution in [2.75, 3.05) is 31.1 Å². The maximum absolute atomic E-state index is 5.68. The van der Waals surface area contributed by atoms with Crippen molar-refractivity contribution in [3.63, 3.8) is 0 Å². The van der Waals surface area contributed by atoms with Gasteiger partial charge in [-0.3, -0.25) is 0 Å². The minimum Gasteiger partial charge on any atom is -0.374 e. The van der Waals surface area contributed by atoms with Gasteiger partial charge in [-0.1, -0.05) is 13.8 Å². The molecule has 1 aromatic heterocycles. The predicted octanol–water partition coefficient (Wildman–Crippen LogP) is 1.15. The molecule has 2 rings (SSSR count). The second-order valence-corrected chi connectivity index (χ2v) is 4.97. The van der Waals surface area contributed by atoms with Gasteiger partial charge in [0.2, 0.25) is 0 Å². The molecule has 0 aliphatic carbocycles. The Morgan fingerprint density at radius 3 is 3.06 bits per heavy atom. The minimum atomic E-state index is 0.223. The van der Waals surface area contributed by atoms with Crippen LogP contribution in [0.5, 0.6) is 0 Å². The molecule has 1 fully saturated rings. The number of aromatic nitrogens is 2.